The van der Waals surface area contributed by atoms with Crippen LogP contribution < -0.4 is 10.1 Å². The molecule has 2 atom stereocenters. The highest BCUT2D eigenvalue weighted by atomic mass is 79.9. The van der Waals surface area contributed by atoms with Crippen molar-refractivity contribution in [3.63, 3.8) is 0 Å². The maximum absolute atomic E-state index is 6.18. The van der Waals surface area contributed by atoms with Crippen molar-refractivity contribution < 1.29 is 9.15 Å². The van der Waals surface area contributed by atoms with Crippen molar-refractivity contribution in [2.24, 2.45) is 0 Å². The van der Waals surface area contributed by atoms with Gasteiger partial charge >= 0.3 is 0 Å². The Morgan fingerprint density at radius 1 is 1.12 bits per heavy atom. The minimum Gasteiger partial charge on any atom is -0.475 e. The minimum atomic E-state index is -0.0485. The van der Waals surface area contributed by atoms with Crippen LogP contribution in [0.4, 0.5) is 0 Å². The van der Waals surface area contributed by atoms with Crippen molar-refractivity contribution >= 4 is 26.9 Å². The molecule has 1 aromatic heterocycles. The first-order valence-corrected chi connectivity index (χ1v) is 9.55. The number of halogens is 1. The lowest BCUT2D eigenvalue weighted by molar-refractivity contribution is 0.152. The molecule has 4 heteroatoms. The van der Waals surface area contributed by atoms with Gasteiger partial charge in [-0.25, -0.2) is 0 Å². The second-order valence-corrected chi connectivity index (χ2v) is 7.20. The summed E-state index contributed by atoms with van der Waals surface area (Å²) in [7, 11) is 1.95. The van der Waals surface area contributed by atoms with Crippen LogP contribution in [0.25, 0.3) is 11.0 Å². The van der Waals surface area contributed by atoms with Crippen LogP contribution in [-0.2, 0) is 0 Å². The van der Waals surface area contributed by atoms with E-state index in [-0.39, 0.29) is 6.23 Å². The number of nitrogens with one attached hydrogen (secondary N) is 1. The van der Waals surface area contributed by atoms with E-state index in [4.69, 9.17) is 9.15 Å². The van der Waals surface area contributed by atoms with Crippen LogP contribution in [0.1, 0.15) is 37.7 Å². The van der Waals surface area contributed by atoms with Crippen LogP contribution in [0.3, 0.4) is 0 Å². The number of furan rings is 1. The zero-order chi connectivity index (χ0) is 17.6. The molecule has 3 nitrogen and oxygen atoms in total. The van der Waals surface area contributed by atoms with Crippen LogP contribution in [0.5, 0.6) is 5.75 Å². The van der Waals surface area contributed by atoms with Crippen molar-refractivity contribution in [3.8, 4) is 5.75 Å². The first kappa shape index (κ1) is 18.0. The molecule has 1 heterocycles. The van der Waals surface area contributed by atoms with Crippen molar-refractivity contribution in [2.75, 3.05) is 7.05 Å². The lowest BCUT2D eigenvalue weighted by atomic mass is 9.91. The maximum atomic E-state index is 6.18. The average Bonchev–Trinajstić information content (AvgIpc) is 3.09. The van der Waals surface area contributed by atoms with Gasteiger partial charge in [0.1, 0.15) is 11.3 Å². The van der Waals surface area contributed by atoms with Crippen molar-refractivity contribution in [2.45, 2.75) is 38.3 Å². The van der Waals surface area contributed by atoms with Crippen LogP contribution in [0, 0.1) is 0 Å². The molecule has 0 spiro atoms. The fourth-order valence-corrected chi connectivity index (χ4v) is 3.42. The molecular weight excluding hydrogens is 378 g/mol. The Hall–Kier alpha value is -1.78. The molecule has 3 rings (SSSR count). The Balaban J connectivity index is 1.72. The van der Waals surface area contributed by atoms with Crippen LogP contribution in [0.15, 0.2) is 63.7 Å². The zero-order valence-electron chi connectivity index (χ0n) is 14.7. The van der Waals surface area contributed by atoms with Gasteiger partial charge in [0.15, 0.2) is 6.23 Å². The van der Waals surface area contributed by atoms with Gasteiger partial charge in [0.25, 0.3) is 0 Å². The van der Waals surface area contributed by atoms with Gasteiger partial charge in [-0.1, -0.05) is 41.4 Å². The van der Waals surface area contributed by atoms with E-state index >= 15 is 0 Å². The summed E-state index contributed by atoms with van der Waals surface area (Å²) in [6.45, 7) is 2.23. The molecule has 3 aromatic rings. The second-order valence-electron chi connectivity index (χ2n) is 6.29. The number of fused-ring (bicyclic) bond motifs is 1. The molecule has 1 N–H and O–H groups in total. The van der Waals surface area contributed by atoms with Crippen LogP contribution >= 0.6 is 15.9 Å². The monoisotopic (exact) mass is 401 g/mol. The standard InChI is InChI=1S/C21H24BrNO2/c1-3-4-17(15-5-8-18(22)9-6-15)13-21(23-2)25-19-10-7-16-11-12-24-20(16)14-19/h5-12,14,17,21,23H,3-4,13H2,1-2H3. The van der Waals surface area contributed by atoms with Gasteiger partial charge in [0, 0.05) is 22.3 Å². The Labute approximate surface area is 157 Å². The second kappa shape index (κ2) is 8.54. The molecule has 0 radical (unpaired) electrons. The smallest absolute Gasteiger partial charge is 0.150 e. The largest absolute Gasteiger partial charge is 0.475 e. The number of benzene rings is 2. The highest BCUT2D eigenvalue weighted by Crippen LogP contribution is 2.29. The fraction of sp³-hybridized carbons (Fsp3) is 0.333. The predicted octanol–water partition coefficient (Wildman–Crippen LogP) is 6.09. The lowest BCUT2D eigenvalue weighted by Gasteiger charge is -2.24. The van der Waals surface area contributed by atoms with Crippen molar-refractivity contribution in [1.29, 1.82) is 0 Å². The van der Waals surface area contributed by atoms with E-state index in [2.05, 4.69) is 52.4 Å². The van der Waals surface area contributed by atoms with Crippen LogP contribution in [-0.4, -0.2) is 13.3 Å². The molecule has 0 bridgehead atoms. The highest BCUT2D eigenvalue weighted by Gasteiger charge is 2.18. The molecule has 0 saturated heterocycles. The molecule has 0 aliphatic rings. The summed E-state index contributed by atoms with van der Waals surface area (Å²) in [6.07, 6.45) is 4.86. The van der Waals surface area contributed by atoms with Gasteiger partial charge in [-0.2, -0.15) is 0 Å². The van der Waals surface area contributed by atoms with Gasteiger partial charge < -0.3 is 9.15 Å². The minimum absolute atomic E-state index is 0.0485. The zero-order valence-corrected chi connectivity index (χ0v) is 16.3. The summed E-state index contributed by atoms with van der Waals surface area (Å²) in [5.74, 6) is 1.29. The molecule has 0 saturated carbocycles. The molecule has 25 heavy (non-hydrogen) atoms. The summed E-state index contributed by atoms with van der Waals surface area (Å²) < 4.78 is 12.8. The van der Waals surface area contributed by atoms with E-state index in [1.165, 1.54) is 5.56 Å². The Morgan fingerprint density at radius 3 is 2.64 bits per heavy atom. The number of hydrogen-bond acceptors (Lipinski definition) is 3. The van der Waals surface area contributed by atoms with E-state index < -0.39 is 0 Å². The Bertz CT molecular complexity index is 797. The summed E-state index contributed by atoms with van der Waals surface area (Å²) in [6, 6.07) is 16.6. The van der Waals surface area contributed by atoms with Crippen molar-refractivity contribution in [3.05, 3.63) is 64.8 Å². The van der Waals surface area contributed by atoms with E-state index in [0.717, 1.165) is 40.5 Å². The third-order valence-corrected chi connectivity index (χ3v) is 5.03. The summed E-state index contributed by atoms with van der Waals surface area (Å²) in [4.78, 5) is 0. The lowest BCUT2D eigenvalue weighted by Crippen LogP contribution is -2.33. The number of ether oxygens (including phenoxy) is 1. The predicted molar refractivity (Wildman–Crippen MR) is 106 cm³/mol. The fourth-order valence-electron chi connectivity index (χ4n) is 3.16. The number of hydrogen-bond donors (Lipinski definition) is 1. The van der Waals surface area contributed by atoms with Gasteiger partial charge in [-0.05, 0) is 55.3 Å². The van der Waals surface area contributed by atoms with Crippen LogP contribution in [0.2, 0.25) is 0 Å². The molecule has 0 aliphatic carbocycles. The molecule has 2 aromatic carbocycles. The SMILES string of the molecule is CCCC(CC(NC)Oc1ccc2ccoc2c1)c1ccc(Br)cc1. The topological polar surface area (TPSA) is 34.4 Å². The molecule has 0 fully saturated rings. The van der Waals surface area contributed by atoms with Gasteiger partial charge in [-0.15, -0.1) is 0 Å². The third-order valence-electron chi connectivity index (χ3n) is 4.51. The average molecular weight is 402 g/mol. The van der Waals surface area contributed by atoms with Gasteiger partial charge in [0.2, 0.25) is 0 Å². The van der Waals surface area contributed by atoms with E-state index in [1.807, 2.05) is 31.3 Å². The quantitative estimate of drug-likeness (QED) is 0.463. The molecule has 0 amide bonds. The van der Waals surface area contributed by atoms with E-state index in [9.17, 15) is 0 Å². The Morgan fingerprint density at radius 2 is 1.92 bits per heavy atom. The normalized spacial score (nSPS) is 13.7. The molecule has 2 unspecified atom stereocenters. The van der Waals surface area contributed by atoms with Gasteiger partial charge in [-0.3, -0.25) is 5.32 Å². The summed E-state index contributed by atoms with van der Waals surface area (Å²) in [5.41, 5.74) is 2.21. The summed E-state index contributed by atoms with van der Waals surface area (Å²) in [5, 5.41) is 4.39. The molecule has 0 aliphatic heterocycles. The number of rotatable bonds is 8. The van der Waals surface area contributed by atoms with Gasteiger partial charge in [0.05, 0.1) is 6.26 Å². The van der Waals surface area contributed by atoms with Crippen molar-refractivity contribution in [1.82, 2.24) is 5.32 Å². The molecular formula is C21H24BrNO2. The Kier molecular flexibility index (Phi) is 6.16. The molecule has 132 valence electrons. The first-order chi connectivity index (χ1) is 12.2. The maximum Gasteiger partial charge on any atom is 0.150 e. The highest BCUT2D eigenvalue weighted by molar-refractivity contribution is 9.10. The van der Waals surface area contributed by atoms with E-state index in [1.54, 1.807) is 6.26 Å². The third kappa shape index (κ3) is 4.65. The summed E-state index contributed by atoms with van der Waals surface area (Å²) >= 11 is 3.51. The van der Waals surface area contributed by atoms with E-state index in [0.29, 0.717) is 5.92 Å². The first-order valence-electron chi connectivity index (χ1n) is 8.76.